The first-order valence-corrected chi connectivity index (χ1v) is 11.0. The van der Waals surface area contributed by atoms with Crippen LogP contribution in [0, 0.1) is 31.1 Å². The van der Waals surface area contributed by atoms with Gasteiger partial charge >= 0.3 is 0 Å². The van der Waals surface area contributed by atoms with Gasteiger partial charge < -0.3 is 5.32 Å². The number of nitrogens with zero attached hydrogens (tertiary/aromatic N) is 1. The van der Waals surface area contributed by atoms with Crippen molar-refractivity contribution in [2.75, 3.05) is 5.32 Å². The number of aryl methyl sites for hydroxylation is 1. The van der Waals surface area contributed by atoms with E-state index in [1.165, 1.54) is 16.7 Å². The van der Waals surface area contributed by atoms with Crippen LogP contribution in [0.15, 0.2) is 71.7 Å². The fourth-order valence-electron chi connectivity index (χ4n) is 3.43. The zero-order valence-electron chi connectivity index (χ0n) is 19.5. The highest BCUT2D eigenvalue weighted by molar-refractivity contribution is 6.10. The summed E-state index contributed by atoms with van der Waals surface area (Å²) in [6.45, 7) is 10.9. The summed E-state index contributed by atoms with van der Waals surface area (Å²) < 4.78 is 0. The van der Waals surface area contributed by atoms with Gasteiger partial charge in [-0.15, -0.1) is 6.42 Å². The summed E-state index contributed by atoms with van der Waals surface area (Å²) in [5.41, 5.74) is 7.27. The van der Waals surface area contributed by atoms with Crippen molar-refractivity contribution in [2.24, 2.45) is 4.99 Å². The molecule has 2 heteroatoms. The number of hydrogen-bond acceptors (Lipinski definition) is 1. The van der Waals surface area contributed by atoms with Gasteiger partial charge in [0, 0.05) is 16.8 Å². The van der Waals surface area contributed by atoms with Gasteiger partial charge in [0.05, 0.1) is 5.69 Å². The van der Waals surface area contributed by atoms with Gasteiger partial charge in [-0.1, -0.05) is 81.5 Å². The maximum absolute atomic E-state index is 5.55. The normalized spacial score (nSPS) is 11.1. The van der Waals surface area contributed by atoms with Crippen LogP contribution < -0.4 is 5.32 Å². The molecule has 0 saturated heterocycles. The molecule has 0 atom stereocenters. The van der Waals surface area contributed by atoms with E-state index in [0.717, 1.165) is 22.5 Å². The van der Waals surface area contributed by atoms with Crippen molar-refractivity contribution in [1.82, 2.24) is 0 Å². The molecular weight excluding hydrogens is 388 g/mol. The Morgan fingerprint density at radius 3 is 2.03 bits per heavy atom. The summed E-state index contributed by atoms with van der Waals surface area (Å²) in [6, 6.07) is 22.4. The lowest BCUT2D eigenvalue weighted by atomic mass is 9.93. The number of benzene rings is 3. The maximum atomic E-state index is 5.55. The number of hydrogen-bond donors (Lipinski definition) is 1. The molecule has 0 radical (unpaired) electrons. The molecule has 0 amide bonds. The molecule has 2 nitrogen and oxygen atoms in total. The molecule has 0 unspecified atom stereocenters. The van der Waals surface area contributed by atoms with Gasteiger partial charge in [0.2, 0.25) is 0 Å². The van der Waals surface area contributed by atoms with Gasteiger partial charge in [0.15, 0.2) is 5.84 Å². The molecule has 1 N–H and O–H groups in total. The summed E-state index contributed by atoms with van der Waals surface area (Å²) in [7, 11) is 0. The molecule has 3 aromatic carbocycles. The Kier molecular flexibility index (Phi) is 7.54. The molecule has 0 spiro atoms. The Labute approximate surface area is 192 Å². The first-order valence-electron chi connectivity index (χ1n) is 11.0. The summed E-state index contributed by atoms with van der Waals surface area (Å²) in [4.78, 5) is 5.07. The second-order valence-corrected chi connectivity index (χ2v) is 8.52. The Balaban J connectivity index is 2.13. The van der Waals surface area contributed by atoms with Crippen LogP contribution in [0.5, 0.6) is 0 Å². The fourth-order valence-corrected chi connectivity index (χ4v) is 3.43. The van der Waals surface area contributed by atoms with E-state index in [0.29, 0.717) is 17.7 Å². The van der Waals surface area contributed by atoms with Crippen molar-refractivity contribution in [2.45, 2.75) is 46.5 Å². The monoisotopic (exact) mass is 418 g/mol. The highest BCUT2D eigenvalue weighted by Crippen LogP contribution is 2.34. The topological polar surface area (TPSA) is 24.4 Å². The number of aliphatic imine (C=N–C) groups is 1. The molecule has 0 saturated carbocycles. The van der Waals surface area contributed by atoms with E-state index in [-0.39, 0.29) is 0 Å². The van der Waals surface area contributed by atoms with Crippen LogP contribution in [-0.2, 0) is 0 Å². The zero-order chi connectivity index (χ0) is 23.1. The highest BCUT2D eigenvalue weighted by atomic mass is 15.0. The number of rotatable bonds is 4. The SMILES string of the molecule is C#Cc1cccc(C#CC(=Nc2c(C(C)C)cccc2C(C)C)Nc2ccc(C)cc2)c1. The third-order valence-corrected chi connectivity index (χ3v) is 5.23. The van der Waals surface area contributed by atoms with E-state index < -0.39 is 0 Å². The molecule has 0 heterocycles. The van der Waals surface area contributed by atoms with Crippen molar-refractivity contribution in [3.05, 3.63) is 94.5 Å². The van der Waals surface area contributed by atoms with Crippen molar-refractivity contribution < 1.29 is 0 Å². The summed E-state index contributed by atoms with van der Waals surface area (Å²) in [6.07, 6.45) is 5.55. The third kappa shape index (κ3) is 5.90. The maximum Gasteiger partial charge on any atom is 0.183 e. The molecule has 0 aromatic heterocycles. The van der Waals surface area contributed by atoms with Gasteiger partial charge in [-0.2, -0.15) is 0 Å². The van der Waals surface area contributed by atoms with Crippen molar-refractivity contribution in [1.29, 1.82) is 0 Å². The number of para-hydroxylation sites is 1. The number of anilines is 1. The van der Waals surface area contributed by atoms with Gasteiger partial charge in [-0.05, 0) is 66.1 Å². The van der Waals surface area contributed by atoms with Gasteiger partial charge in [0.25, 0.3) is 0 Å². The molecular formula is C30H30N2. The lowest BCUT2D eigenvalue weighted by Crippen LogP contribution is -2.10. The molecule has 0 aliphatic carbocycles. The minimum Gasteiger partial charge on any atom is -0.333 e. The van der Waals surface area contributed by atoms with Crippen LogP contribution in [0.1, 0.15) is 67.3 Å². The van der Waals surface area contributed by atoms with Gasteiger partial charge in [-0.3, -0.25) is 0 Å². The largest absolute Gasteiger partial charge is 0.333 e. The zero-order valence-corrected chi connectivity index (χ0v) is 19.5. The van der Waals surface area contributed by atoms with E-state index in [1.807, 2.05) is 36.4 Å². The molecule has 0 bridgehead atoms. The van der Waals surface area contributed by atoms with Crippen molar-refractivity contribution >= 4 is 17.2 Å². The fraction of sp³-hybridized carbons (Fsp3) is 0.233. The van der Waals surface area contributed by atoms with Crippen LogP contribution in [0.2, 0.25) is 0 Å². The third-order valence-electron chi connectivity index (χ3n) is 5.23. The second kappa shape index (κ2) is 10.5. The van der Waals surface area contributed by atoms with E-state index in [1.54, 1.807) is 0 Å². The van der Waals surface area contributed by atoms with Crippen LogP contribution in [0.3, 0.4) is 0 Å². The summed E-state index contributed by atoms with van der Waals surface area (Å²) in [5.74, 6) is 10.5. The predicted octanol–water partition coefficient (Wildman–Crippen LogP) is 7.42. The molecule has 0 aliphatic rings. The van der Waals surface area contributed by atoms with Crippen LogP contribution in [0.25, 0.3) is 0 Å². The van der Waals surface area contributed by atoms with Crippen LogP contribution in [-0.4, -0.2) is 5.84 Å². The van der Waals surface area contributed by atoms with Crippen molar-refractivity contribution in [3.8, 4) is 24.2 Å². The van der Waals surface area contributed by atoms with E-state index >= 15 is 0 Å². The highest BCUT2D eigenvalue weighted by Gasteiger charge is 2.14. The Morgan fingerprint density at radius 1 is 0.844 bits per heavy atom. The first-order chi connectivity index (χ1) is 15.4. The van der Waals surface area contributed by atoms with E-state index in [4.69, 9.17) is 11.4 Å². The molecule has 0 aliphatic heterocycles. The summed E-state index contributed by atoms with van der Waals surface area (Å²) >= 11 is 0. The van der Waals surface area contributed by atoms with Crippen LogP contribution >= 0.6 is 0 Å². The summed E-state index contributed by atoms with van der Waals surface area (Å²) in [5, 5.41) is 3.42. The Bertz CT molecular complexity index is 1180. The molecule has 0 fully saturated rings. The second-order valence-electron chi connectivity index (χ2n) is 8.52. The average molecular weight is 419 g/mol. The van der Waals surface area contributed by atoms with Gasteiger partial charge in [0.1, 0.15) is 0 Å². The van der Waals surface area contributed by atoms with Crippen LogP contribution in [0.4, 0.5) is 11.4 Å². The van der Waals surface area contributed by atoms with E-state index in [9.17, 15) is 0 Å². The minimum atomic E-state index is 0.355. The molecule has 160 valence electrons. The quantitative estimate of drug-likeness (QED) is 0.266. The average Bonchev–Trinajstić information content (AvgIpc) is 2.78. The molecule has 32 heavy (non-hydrogen) atoms. The molecule has 3 rings (SSSR count). The smallest absolute Gasteiger partial charge is 0.183 e. The van der Waals surface area contributed by atoms with Crippen molar-refractivity contribution in [3.63, 3.8) is 0 Å². The van der Waals surface area contributed by atoms with Gasteiger partial charge in [-0.25, -0.2) is 4.99 Å². The van der Waals surface area contributed by atoms with E-state index in [2.05, 4.69) is 88.0 Å². The number of amidine groups is 1. The lowest BCUT2D eigenvalue weighted by Gasteiger charge is -2.17. The standard InChI is InChI=1S/C30H30N2/c1-7-24-10-8-11-25(20-24)16-19-29(31-26-17-14-23(6)15-18-26)32-30-27(21(2)3)12-9-13-28(30)22(4)5/h1,8-15,17-18,20-22H,2-6H3,(H,31,32). The molecule has 3 aromatic rings. The number of nitrogens with one attached hydrogen (secondary N) is 1. The minimum absolute atomic E-state index is 0.355. The lowest BCUT2D eigenvalue weighted by molar-refractivity contribution is 0.835. The Hall–Kier alpha value is -3.75. The Morgan fingerprint density at radius 2 is 1.44 bits per heavy atom. The number of terminal acetylenes is 1. The predicted molar refractivity (Wildman–Crippen MR) is 138 cm³/mol. The first kappa shape index (κ1) is 22.9.